The molecule has 0 saturated heterocycles. The van der Waals surface area contributed by atoms with E-state index in [-0.39, 0.29) is 5.78 Å². The third-order valence-electron chi connectivity index (χ3n) is 4.57. The first-order chi connectivity index (χ1) is 13.5. The second-order valence-corrected chi connectivity index (χ2v) is 6.64. The number of aryl methyl sites for hydroxylation is 1. The lowest BCUT2D eigenvalue weighted by Crippen LogP contribution is -1.98. The molecular weight excluding hydrogens is 352 g/mol. The maximum absolute atomic E-state index is 11.6. The van der Waals surface area contributed by atoms with Crippen LogP contribution < -0.4 is 10.1 Å². The van der Waals surface area contributed by atoms with Crippen LogP contribution in [0.2, 0.25) is 0 Å². The van der Waals surface area contributed by atoms with Gasteiger partial charge in [0.25, 0.3) is 0 Å². The van der Waals surface area contributed by atoms with Crippen LogP contribution in [0.1, 0.15) is 23.0 Å². The van der Waals surface area contributed by atoms with Gasteiger partial charge in [-0.05, 0) is 43.5 Å². The number of aromatic nitrogens is 3. The molecule has 2 aromatic heterocycles. The third kappa shape index (κ3) is 3.44. The Hall–Kier alpha value is -3.67. The van der Waals surface area contributed by atoms with Crippen molar-refractivity contribution in [3.05, 3.63) is 65.9 Å². The normalized spacial score (nSPS) is 10.8. The molecule has 0 unspecified atom stereocenters. The Morgan fingerprint density at radius 3 is 2.46 bits per heavy atom. The number of carbonyl (C=O) groups is 1. The molecule has 4 aromatic rings. The van der Waals surface area contributed by atoms with Crippen molar-refractivity contribution in [2.24, 2.45) is 0 Å². The van der Waals surface area contributed by atoms with Crippen LogP contribution in [0.4, 0.5) is 11.6 Å². The summed E-state index contributed by atoms with van der Waals surface area (Å²) in [5.74, 6) is 2.19. The van der Waals surface area contributed by atoms with Gasteiger partial charge in [-0.3, -0.25) is 9.89 Å². The van der Waals surface area contributed by atoms with Crippen molar-refractivity contribution in [3.63, 3.8) is 0 Å². The highest BCUT2D eigenvalue weighted by molar-refractivity contribution is 5.98. The van der Waals surface area contributed by atoms with Gasteiger partial charge in [-0.25, -0.2) is 4.98 Å². The highest BCUT2D eigenvalue weighted by atomic mass is 16.5. The molecule has 4 rings (SSSR count). The Morgan fingerprint density at radius 1 is 1.04 bits per heavy atom. The molecule has 0 aliphatic carbocycles. The van der Waals surface area contributed by atoms with Crippen LogP contribution in [0, 0.1) is 6.92 Å². The number of pyridine rings is 1. The minimum atomic E-state index is 0.0402. The number of ketones is 1. The largest absolute Gasteiger partial charge is 0.497 e. The summed E-state index contributed by atoms with van der Waals surface area (Å²) in [4.78, 5) is 16.4. The molecule has 0 atom stereocenters. The van der Waals surface area contributed by atoms with Crippen LogP contribution in [0.15, 0.2) is 54.6 Å². The summed E-state index contributed by atoms with van der Waals surface area (Å²) in [5.41, 5.74) is 3.40. The van der Waals surface area contributed by atoms with Gasteiger partial charge in [0.2, 0.25) is 0 Å². The predicted molar refractivity (Wildman–Crippen MR) is 110 cm³/mol. The monoisotopic (exact) mass is 372 g/mol. The van der Waals surface area contributed by atoms with E-state index in [0.29, 0.717) is 17.2 Å². The number of anilines is 2. The van der Waals surface area contributed by atoms with Crippen LogP contribution in [0.5, 0.6) is 5.75 Å². The Balaban J connectivity index is 1.85. The molecule has 0 fully saturated rings. The van der Waals surface area contributed by atoms with Crippen molar-refractivity contribution in [3.8, 4) is 17.0 Å². The second kappa shape index (κ2) is 7.15. The average molecular weight is 372 g/mol. The number of rotatable bonds is 5. The minimum absolute atomic E-state index is 0.0402. The molecular formula is C22H20N4O2. The van der Waals surface area contributed by atoms with Gasteiger partial charge < -0.3 is 10.1 Å². The fourth-order valence-corrected chi connectivity index (χ4v) is 3.12. The molecule has 0 aliphatic rings. The molecule has 0 radical (unpaired) electrons. The minimum Gasteiger partial charge on any atom is -0.497 e. The number of carbonyl (C=O) groups excluding carboxylic acids is 1. The Bertz CT molecular complexity index is 1160. The van der Waals surface area contributed by atoms with E-state index in [4.69, 9.17) is 9.72 Å². The lowest BCUT2D eigenvalue weighted by atomic mass is 10.0. The summed E-state index contributed by atoms with van der Waals surface area (Å²) in [5, 5.41) is 12.4. The maximum atomic E-state index is 11.6. The van der Waals surface area contributed by atoms with Crippen molar-refractivity contribution in [1.29, 1.82) is 0 Å². The zero-order valence-electron chi connectivity index (χ0n) is 15.9. The van der Waals surface area contributed by atoms with Gasteiger partial charge in [0.05, 0.1) is 12.8 Å². The number of nitrogens with zero attached hydrogens (tertiary/aromatic N) is 2. The predicted octanol–water partition coefficient (Wildman–Crippen LogP) is 4.89. The molecule has 140 valence electrons. The van der Waals surface area contributed by atoms with Gasteiger partial charge in [-0.15, -0.1) is 0 Å². The van der Waals surface area contributed by atoms with Gasteiger partial charge in [-0.1, -0.05) is 24.3 Å². The first-order valence-corrected chi connectivity index (χ1v) is 8.93. The van der Waals surface area contributed by atoms with Gasteiger partial charge in [0.15, 0.2) is 11.6 Å². The van der Waals surface area contributed by atoms with Gasteiger partial charge >= 0.3 is 0 Å². The Morgan fingerprint density at radius 2 is 1.82 bits per heavy atom. The van der Waals surface area contributed by atoms with Gasteiger partial charge in [-0.2, -0.15) is 5.10 Å². The van der Waals surface area contributed by atoms with Crippen molar-refractivity contribution >= 4 is 28.2 Å². The first kappa shape index (κ1) is 17.7. The Labute approximate surface area is 162 Å². The number of H-pyrrole nitrogens is 1. The molecule has 0 spiro atoms. The topological polar surface area (TPSA) is 79.9 Å². The molecule has 2 N–H and O–H groups in total. The molecule has 28 heavy (non-hydrogen) atoms. The van der Waals surface area contributed by atoms with Crippen molar-refractivity contribution in [1.82, 2.24) is 15.2 Å². The number of methoxy groups -OCH3 is 1. The third-order valence-corrected chi connectivity index (χ3v) is 4.57. The first-order valence-electron chi connectivity index (χ1n) is 8.93. The van der Waals surface area contributed by atoms with Gasteiger partial charge in [0.1, 0.15) is 11.6 Å². The Kier molecular flexibility index (Phi) is 4.53. The molecule has 6 nitrogen and oxygen atoms in total. The molecule has 2 heterocycles. The van der Waals surface area contributed by atoms with Crippen LogP contribution in [-0.4, -0.2) is 28.1 Å². The number of fused-ring (bicyclic) bond motifs is 1. The molecule has 0 saturated carbocycles. The lowest BCUT2D eigenvalue weighted by Gasteiger charge is -2.12. The standard InChI is InChI=1S/C22H20N4O2/c1-13-10-21(26-25-13)23-20-12-17-11-18(28-3)8-9-19(17)22(24-20)16-6-4-15(5-7-16)14(2)27/h4-12H,1-3H3,(H2,23,24,25,26). The van der Waals surface area contributed by atoms with Gasteiger partial charge in [0, 0.05) is 28.3 Å². The molecule has 0 aliphatic heterocycles. The van der Waals surface area contributed by atoms with E-state index in [1.54, 1.807) is 14.0 Å². The fraction of sp³-hybridized carbons (Fsp3) is 0.136. The molecule has 0 amide bonds. The summed E-state index contributed by atoms with van der Waals surface area (Å²) in [6, 6.07) is 17.3. The van der Waals surface area contributed by atoms with E-state index in [2.05, 4.69) is 15.5 Å². The second-order valence-electron chi connectivity index (χ2n) is 6.64. The van der Waals surface area contributed by atoms with E-state index in [1.807, 2.05) is 61.5 Å². The smallest absolute Gasteiger partial charge is 0.159 e. The summed E-state index contributed by atoms with van der Waals surface area (Å²) >= 11 is 0. The summed E-state index contributed by atoms with van der Waals surface area (Å²) in [7, 11) is 1.65. The summed E-state index contributed by atoms with van der Waals surface area (Å²) < 4.78 is 5.38. The number of aromatic amines is 1. The molecule has 0 bridgehead atoms. The number of Topliss-reactive ketones (excluding diaryl/α,β-unsaturated/α-hetero) is 1. The van der Waals surface area contributed by atoms with Crippen molar-refractivity contribution < 1.29 is 9.53 Å². The number of hydrogen-bond acceptors (Lipinski definition) is 5. The van der Waals surface area contributed by atoms with Crippen LogP contribution in [0.25, 0.3) is 22.0 Å². The number of benzene rings is 2. The van der Waals surface area contributed by atoms with E-state index >= 15 is 0 Å². The number of nitrogens with one attached hydrogen (secondary N) is 2. The molecule has 6 heteroatoms. The quantitative estimate of drug-likeness (QED) is 0.488. The summed E-state index contributed by atoms with van der Waals surface area (Å²) in [6.45, 7) is 3.50. The van der Waals surface area contributed by atoms with Crippen molar-refractivity contribution in [2.45, 2.75) is 13.8 Å². The highest BCUT2D eigenvalue weighted by Gasteiger charge is 2.11. The zero-order chi connectivity index (χ0) is 19.7. The average Bonchev–Trinajstić information content (AvgIpc) is 3.11. The highest BCUT2D eigenvalue weighted by Crippen LogP contribution is 2.32. The van der Waals surface area contributed by atoms with E-state index < -0.39 is 0 Å². The van der Waals surface area contributed by atoms with Crippen LogP contribution in [-0.2, 0) is 0 Å². The van der Waals surface area contributed by atoms with E-state index in [9.17, 15) is 4.79 Å². The fourth-order valence-electron chi connectivity index (χ4n) is 3.12. The van der Waals surface area contributed by atoms with Crippen molar-refractivity contribution in [2.75, 3.05) is 12.4 Å². The number of hydrogen-bond donors (Lipinski definition) is 2. The molecule has 2 aromatic carbocycles. The van der Waals surface area contributed by atoms with E-state index in [1.165, 1.54) is 0 Å². The zero-order valence-corrected chi connectivity index (χ0v) is 15.9. The maximum Gasteiger partial charge on any atom is 0.159 e. The number of ether oxygens (including phenoxy) is 1. The van der Waals surface area contributed by atoms with E-state index in [0.717, 1.165) is 33.5 Å². The SMILES string of the molecule is COc1ccc2c(-c3ccc(C(C)=O)cc3)nc(Nc3cc(C)[nH]n3)cc2c1. The summed E-state index contributed by atoms with van der Waals surface area (Å²) in [6.07, 6.45) is 0. The lowest BCUT2D eigenvalue weighted by molar-refractivity contribution is 0.101. The van der Waals surface area contributed by atoms with Crippen LogP contribution >= 0.6 is 0 Å². The van der Waals surface area contributed by atoms with Crippen LogP contribution in [0.3, 0.4) is 0 Å².